The van der Waals surface area contributed by atoms with E-state index in [1.807, 2.05) is 10.8 Å². The molecule has 0 bridgehead atoms. The van der Waals surface area contributed by atoms with E-state index < -0.39 is 14.9 Å². The predicted octanol–water partition coefficient (Wildman–Crippen LogP) is 4.14. The number of halogens is 1. The van der Waals surface area contributed by atoms with Crippen LogP contribution in [0.4, 0.5) is 17.1 Å². The van der Waals surface area contributed by atoms with E-state index in [4.69, 9.17) is 11.6 Å². The van der Waals surface area contributed by atoms with Crippen LogP contribution in [0.3, 0.4) is 0 Å². The lowest BCUT2D eigenvalue weighted by molar-refractivity contribution is -0.384. The largest absolute Gasteiger partial charge is 0.379 e. The molecule has 158 valence electrons. The van der Waals surface area contributed by atoms with E-state index in [9.17, 15) is 18.5 Å². The second-order valence-electron chi connectivity index (χ2n) is 6.46. The highest BCUT2D eigenvalue weighted by Crippen LogP contribution is 2.30. The number of anilines is 2. The fourth-order valence-electron chi connectivity index (χ4n) is 2.79. The molecule has 0 radical (unpaired) electrons. The zero-order valence-corrected chi connectivity index (χ0v) is 17.4. The van der Waals surface area contributed by atoms with Crippen LogP contribution in [-0.2, 0) is 16.6 Å². The first-order chi connectivity index (χ1) is 14.4. The molecule has 0 unspecified atom stereocenters. The monoisotopic (exact) mass is 449 g/mol. The summed E-state index contributed by atoms with van der Waals surface area (Å²) in [6.07, 6.45) is 6.95. The normalized spacial score (nSPS) is 11.2. The van der Waals surface area contributed by atoms with Crippen LogP contribution in [0, 0.1) is 10.1 Å². The maximum atomic E-state index is 12.6. The van der Waals surface area contributed by atoms with Crippen LogP contribution in [0.1, 0.15) is 12.8 Å². The lowest BCUT2D eigenvalue weighted by Gasteiger charge is -2.11. The van der Waals surface area contributed by atoms with Crippen LogP contribution >= 0.6 is 11.6 Å². The number of nitrogens with one attached hydrogen (secondary N) is 2. The Hall–Kier alpha value is -3.11. The number of aryl methyl sites for hydroxylation is 1. The number of imidazole rings is 1. The van der Waals surface area contributed by atoms with E-state index in [1.54, 1.807) is 30.7 Å². The fraction of sp³-hybridized carbons (Fsp3) is 0.211. The first-order valence-corrected chi connectivity index (χ1v) is 11.0. The summed E-state index contributed by atoms with van der Waals surface area (Å²) in [6, 6.07) is 10.1. The average Bonchev–Trinajstić information content (AvgIpc) is 3.23. The summed E-state index contributed by atoms with van der Waals surface area (Å²) in [5.41, 5.74) is 0.146. The maximum Gasteiger partial charge on any atom is 0.293 e. The Morgan fingerprint density at radius 1 is 1.13 bits per heavy atom. The smallest absolute Gasteiger partial charge is 0.293 e. The van der Waals surface area contributed by atoms with Gasteiger partial charge in [0.05, 0.1) is 26.9 Å². The summed E-state index contributed by atoms with van der Waals surface area (Å²) in [5, 5.41) is 14.7. The van der Waals surface area contributed by atoms with Gasteiger partial charge in [0.1, 0.15) is 5.69 Å². The minimum atomic E-state index is -4.04. The topological polar surface area (TPSA) is 119 Å². The molecule has 2 aromatic carbocycles. The van der Waals surface area contributed by atoms with Crippen molar-refractivity contribution in [3.63, 3.8) is 0 Å². The summed E-state index contributed by atoms with van der Waals surface area (Å²) in [4.78, 5) is 14.6. The van der Waals surface area contributed by atoms with Gasteiger partial charge in [-0.1, -0.05) is 23.7 Å². The van der Waals surface area contributed by atoms with Crippen LogP contribution in [0.2, 0.25) is 5.02 Å². The van der Waals surface area contributed by atoms with Gasteiger partial charge in [0.15, 0.2) is 0 Å². The van der Waals surface area contributed by atoms with Crippen molar-refractivity contribution in [2.45, 2.75) is 24.3 Å². The number of nitrogens with zero attached hydrogens (tertiary/aromatic N) is 3. The molecule has 1 heterocycles. The van der Waals surface area contributed by atoms with Gasteiger partial charge in [-0.05, 0) is 37.1 Å². The van der Waals surface area contributed by atoms with Crippen molar-refractivity contribution in [1.82, 2.24) is 9.55 Å². The van der Waals surface area contributed by atoms with Gasteiger partial charge < -0.3 is 9.88 Å². The minimum Gasteiger partial charge on any atom is -0.379 e. The number of benzene rings is 2. The minimum absolute atomic E-state index is 0.196. The van der Waals surface area contributed by atoms with Gasteiger partial charge in [0.25, 0.3) is 15.7 Å². The lowest BCUT2D eigenvalue weighted by atomic mass is 10.2. The number of unbranched alkanes of at least 4 members (excludes halogenated alkanes) is 1. The maximum absolute atomic E-state index is 12.6. The van der Waals surface area contributed by atoms with Gasteiger partial charge >= 0.3 is 0 Å². The highest BCUT2D eigenvalue weighted by atomic mass is 35.5. The molecule has 0 spiro atoms. The Kier molecular flexibility index (Phi) is 6.91. The number of hydrogen-bond donors (Lipinski definition) is 2. The molecule has 2 N–H and O–H groups in total. The Morgan fingerprint density at radius 3 is 2.63 bits per heavy atom. The van der Waals surface area contributed by atoms with Gasteiger partial charge in [-0.2, -0.15) is 0 Å². The molecule has 0 atom stereocenters. The van der Waals surface area contributed by atoms with Crippen LogP contribution in [-0.4, -0.2) is 29.4 Å². The zero-order valence-electron chi connectivity index (χ0n) is 15.9. The van der Waals surface area contributed by atoms with Gasteiger partial charge in [-0.25, -0.2) is 13.4 Å². The molecular formula is C19H20ClN5O4S. The molecule has 11 heteroatoms. The lowest BCUT2D eigenvalue weighted by Crippen LogP contribution is -2.14. The molecule has 0 amide bonds. The highest BCUT2D eigenvalue weighted by Gasteiger charge is 2.22. The third kappa shape index (κ3) is 5.49. The summed E-state index contributed by atoms with van der Waals surface area (Å²) < 4.78 is 29.6. The fourth-order valence-corrected chi connectivity index (χ4v) is 4.13. The first-order valence-electron chi connectivity index (χ1n) is 9.12. The van der Waals surface area contributed by atoms with Crippen LogP contribution in [0.5, 0.6) is 0 Å². The second-order valence-corrected chi connectivity index (χ2v) is 8.55. The number of hydrogen-bond acceptors (Lipinski definition) is 6. The highest BCUT2D eigenvalue weighted by molar-refractivity contribution is 7.92. The molecule has 3 rings (SSSR count). The molecule has 9 nitrogen and oxygen atoms in total. The molecular weight excluding hydrogens is 430 g/mol. The summed E-state index contributed by atoms with van der Waals surface area (Å²) >= 11 is 5.99. The molecule has 1 aromatic heterocycles. The second kappa shape index (κ2) is 9.59. The molecule has 0 saturated carbocycles. The number of nitro groups is 1. The SMILES string of the molecule is O=[N+]([O-])c1cc(S(=O)(=O)Nc2ccccc2Cl)ccc1NCCCCn1ccnc1. The van der Waals surface area contributed by atoms with E-state index in [0.29, 0.717) is 6.54 Å². The van der Waals surface area contributed by atoms with E-state index in [2.05, 4.69) is 15.0 Å². The van der Waals surface area contributed by atoms with E-state index in [-0.39, 0.29) is 27.0 Å². The van der Waals surface area contributed by atoms with Crippen LogP contribution < -0.4 is 10.0 Å². The number of nitro benzene ring substituents is 1. The quantitative estimate of drug-likeness (QED) is 0.273. The van der Waals surface area contributed by atoms with Crippen molar-refractivity contribution >= 4 is 38.7 Å². The average molecular weight is 450 g/mol. The summed E-state index contributed by atoms with van der Waals surface area (Å²) in [5.74, 6) is 0. The van der Waals surface area contributed by atoms with Gasteiger partial charge in [-0.15, -0.1) is 0 Å². The van der Waals surface area contributed by atoms with Crippen molar-refractivity contribution in [3.8, 4) is 0 Å². The van der Waals surface area contributed by atoms with Crippen LogP contribution in [0.15, 0.2) is 66.1 Å². The molecule has 0 saturated heterocycles. The predicted molar refractivity (Wildman–Crippen MR) is 115 cm³/mol. The standard InChI is InChI=1S/C19H20ClN5O4S/c20-16-5-1-2-6-17(16)23-30(28,29)15-7-8-18(19(13-15)25(26)27)22-9-3-4-11-24-12-10-21-14-24/h1-2,5-8,10,12-14,22-23H,3-4,9,11H2. The molecule has 0 aliphatic heterocycles. The van der Waals surface area contributed by atoms with Gasteiger partial charge in [-0.3, -0.25) is 14.8 Å². The molecule has 0 fully saturated rings. The number of aromatic nitrogens is 2. The first kappa shape index (κ1) is 21.6. The van der Waals surface area contributed by atoms with E-state index in [0.717, 1.165) is 25.5 Å². The molecule has 3 aromatic rings. The molecule has 30 heavy (non-hydrogen) atoms. The Morgan fingerprint density at radius 2 is 1.93 bits per heavy atom. The number of rotatable bonds is 10. The molecule has 0 aliphatic carbocycles. The van der Waals surface area contributed by atoms with Crippen LogP contribution in [0.25, 0.3) is 0 Å². The van der Waals surface area contributed by atoms with Crippen molar-refractivity contribution in [3.05, 3.63) is 76.3 Å². The Balaban J connectivity index is 1.68. The van der Waals surface area contributed by atoms with Gasteiger partial charge in [0, 0.05) is 31.5 Å². The molecule has 0 aliphatic rings. The summed E-state index contributed by atoms with van der Waals surface area (Å²) in [7, 11) is -4.04. The zero-order chi connectivity index (χ0) is 21.6. The van der Waals surface area contributed by atoms with E-state index in [1.165, 1.54) is 18.2 Å². The third-order valence-electron chi connectivity index (χ3n) is 4.31. The van der Waals surface area contributed by atoms with Crippen molar-refractivity contribution in [1.29, 1.82) is 0 Å². The number of para-hydroxylation sites is 1. The number of sulfonamides is 1. The third-order valence-corrected chi connectivity index (χ3v) is 6.00. The van der Waals surface area contributed by atoms with E-state index >= 15 is 0 Å². The van der Waals surface area contributed by atoms with Crippen molar-refractivity contribution in [2.24, 2.45) is 0 Å². The Bertz CT molecular complexity index is 1120. The Labute approximate surface area is 178 Å². The summed E-state index contributed by atoms with van der Waals surface area (Å²) in [6.45, 7) is 1.31. The van der Waals surface area contributed by atoms with Crippen molar-refractivity contribution < 1.29 is 13.3 Å². The van der Waals surface area contributed by atoms with Gasteiger partial charge in [0.2, 0.25) is 0 Å². The van der Waals surface area contributed by atoms with Crippen molar-refractivity contribution in [2.75, 3.05) is 16.6 Å².